The first-order chi connectivity index (χ1) is 8.72. The predicted octanol–water partition coefficient (Wildman–Crippen LogP) is 3.94. The van der Waals surface area contributed by atoms with Crippen LogP contribution in [0.5, 0.6) is 11.5 Å². The number of ether oxygens (including phenoxy) is 2. The number of anilines is 1. The van der Waals surface area contributed by atoms with Crippen LogP contribution in [0.4, 0.5) is 5.69 Å². The van der Waals surface area contributed by atoms with E-state index < -0.39 is 0 Å². The van der Waals surface area contributed by atoms with E-state index in [2.05, 4.69) is 29.8 Å². The molecule has 0 fully saturated rings. The second-order valence-electron chi connectivity index (χ2n) is 3.98. The summed E-state index contributed by atoms with van der Waals surface area (Å²) in [6, 6.07) is 10.2. The van der Waals surface area contributed by atoms with Crippen LogP contribution < -0.4 is 14.8 Å². The Morgan fingerprint density at radius 2 is 1.78 bits per heavy atom. The summed E-state index contributed by atoms with van der Waals surface area (Å²) < 4.78 is 10.5. The lowest BCUT2D eigenvalue weighted by molar-refractivity contribution is 0.394. The van der Waals surface area contributed by atoms with E-state index >= 15 is 0 Å². The standard InChI is InChI=1S/C14H17NO2S/c1-10(14-5-4-6-18-14)15-11-7-12(16-2)9-13(8-11)17-3/h4-10,15H,1-3H3. The Labute approximate surface area is 111 Å². The second kappa shape index (κ2) is 5.78. The fourth-order valence-electron chi connectivity index (χ4n) is 1.75. The van der Waals surface area contributed by atoms with E-state index in [1.165, 1.54) is 4.88 Å². The number of methoxy groups -OCH3 is 2. The maximum atomic E-state index is 5.25. The molecule has 4 heteroatoms. The van der Waals surface area contributed by atoms with Crippen LogP contribution in [0.15, 0.2) is 35.7 Å². The van der Waals surface area contributed by atoms with Gasteiger partial charge in [-0.05, 0) is 18.4 Å². The van der Waals surface area contributed by atoms with Gasteiger partial charge in [-0.15, -0.1) is 11.3 Å². The average Bonchev–Trinajstić information content (AvgIpc) is 2.92. The van der Waals surface area contributed by atoms with Gasteiger partial charge >= 0.3 is 0 Å². The highest BCUT2D eigenvalue weighted by Gasteiger charge is 2.08. The molecule has 1 atom stereocenters. The monoisotopic (exact) mass is 263 g/mol. The molecule has 1 N–H and O–H groups in total. The zero-order valence-corrected chi connectivity index (χ0v) is 11.6. The highest BCUT2D eigenvalue weighted by Crippen LogP contribution is 2.29. The van der Waals surface area contributed by atoms with Crippen molar-refractivity contribution < 1.29 is 9.47 Å². The Morgan fingerprint density at radius 3 is 2.28 bits per heavy atom. The topological polar surface area (TPSA) is 30.5 Å². The van der Waals surface area contributed by atoms with Crippen LogP contribution in [0.3, 0.4) is 0 Å². The third kappa shape index (κ3) is 2.96. The van der Waals surface area contributed by atoms with Gasteiger partial charge in [-0.1, -0.05) is 6.07 Å². The maximum absolute atomic E-state index is 5.25. The fourth-order valence-corrected chi connectivity index (χ4v) is 2.48. The minimum absolute atomic E-state index is 0.266. The van der Waals surface area contributed by atoms with E-state index in [1.807, 2.05) is 18.2 Å². The molecule has 0 saturated carbocycles. The number of hydrogen-bond donors (Lipinski definition) is 1. The van der Waals surface area contributed by atoms with Crippen molar-refractivity contribution in [1.29, 1.82) is 0 Å². The molecular weight excluding hydrogens is 246 g/mol. The maximum Gasteiger partial charge on any atom is 0.124 e. The normalized spacial score (nSPS) is 11.9. The number of rotatable bonds is 5. The molecule has 3 nitrogen and oxygen atoms in total. The van der Waals surface area contributed by atoms with Crippen LogP contribution in [-0.2, 0) is 0 Å². The molecule has 96 valence electrons. The summed E-state index contributed by atoms with van der Waals surface area (Å²) in [5.41, 5.74) is 0.993. The van der Waals surface area contributed by atoms with Gasteiger partial charge in [-0.25, -0.2) is 0 Å². The summed E-state index contributed by atoms with van der Waals surface area (Å²) in [6.07, 6.45) is 0. The first kappa shape index (κ1) is 12.8. The van der Waals surface area contributed by atoms with Crippen molar-refractivity contribution >= 4 is 17.0 Å². The Bertz CT molecular complexity index is 474. The molecule has 0 aliphatic heterocycles. The lowest BCUT2D eigenvalue weighted by Gasteiger charge is -2.15. The van der Waals surface area contributed by atoms with Gasteiger partial charge in [0, 0.05) is 28.8 Å². The summed E-state index contributed by atoms with van der Waals surface area (Å²) >= 11 is 1.75. The van der Waals surface area contributed by atoms with Crippen molar-refractivity contribution in [1.82, 2.24) is 0 Å². The first-order valence-corrected chi connectivity index (χ1v) is 6.64. The van der Waals surface area contributed by atoms with Crippen molar-refractivity contribution in [2.45, 2.75) is 13.0 Å². The lowest BCUT2D eigenvalue weighted by atomic mass is 10.2. The molecule has 1 heterocycles. The van der Waals surface area contributed by atoms with E-state index in [4.69, 9.17) is 9.47 Å². The lowest BCUT2D eigenvalue weighted by Crippen LogP contribution is -2.05. The highest BCUT2D eigenvalue weighted by atomic mass is 32.1. The molecule has 1 unspecified atom stereocenters. The van der Waals surface area contributed by atoms with E-state index in [0.29, 0.717) is 0 Å². The Morgan fingerprint density at radius 1 is 1.11 bits per heavy atom. The van der Waals surface area contributed by atoms with Gasteiger partial charge in [0.2, 0.25) is 0 Å². The van der Waals surface area contributed by atoms with E-state index in [-0.39, 0.29) is 6.04 Å². The number of nitrogens with one attached hydrogen (secondary N) is 1. The minimum atomic E-state index is 0.266. The van der Waals surface area contributed by atoms with Crippen molar-refractivity contribution in [3.8, 4) is 11.5 Å². The Balaban J connectivity index is 2.17. The third-order valence-corrected chi connectivity index (χ3v) is 3.76. The molecule has 18 heavy (non-hydrogen) atoms. The summed E-state index contributed by atoms with van der Waals surface area (Å²) in [7, 11) is 3.31. The minimum Gasteiger partial charge on any atom is -0.497 e. The van der Waals surface area contributed by atoms with Gasteiger partial charge in [-0.2, -0.15) is 0 Å². The number of benzene rings is 1. The molecule has 2 rings (SSSR count). The molecule has 0 saturated heterocycles. The zero-order valence-electron chi connectivity index (χ0n) is 10.8. The number of hydrogen-bond acceptors (Lipinski definition) is 4. The second-order valence-corrected chi connectivity index (χ2v) is 4.96. The molecule has 2 aromatic rings. The van der Waals surface area contributed by atoms with Crippen molar-refractivity contribution in [2.75, 3.05) is 19.5 Å². The highest BCUT2D eigenvalue weighted by molar-refractivity contribution is 7.10. The number of thiophene rings is 1. The van der Waals surface area contributed by atoms with Crippen LogP contribution in [0, 0.1) is 0 Å². The molecule has 0 amide bonds. The van der Waals surface area contributed by atoms with Gasteiger partial charge in [-0.3, -0.25) is 0 Å². The van der Waals surface area contributed by atoms with Crippen LogP contribution in [0.25, 0.3) is 0 Å². The molecular formula is C14H17NO2S. The van der Waals surface area contributed by atoms with Gasteiger partial charge in [0.05, 0.1) is 20.3 Å². The fraction of sp³-hybridized carbons (Fsp3) is 0.286. The van der Waals surface area contributed by atoms with Crippen LogP contribution in [0.2, 0.25) is 0 Å². The third-order valence-electron chi connectivity index (χ3n) is 2.70. The Kier molecular flexibility index (Phi) is 4.10. The zero-order chi connectivity index (χ0) is 13.0. The quantitative estimate of drug-likeness (QED) is 0.886. The molecule has 0 radical (unpaired) electrons. The predicted molar refractivity (Wildman–Crippen MR) is 75.9 cm³/mol. The molecule has 0 aliphatic rings. The summed E-state index contributed by atoms with van der Waals surface area (Å²) in [6.45, 7) is 2.14. The van der Waals surface area contributed by atoms with Gasteiger partial charge in [0.15, 0.2) is 0 Å². The van der Waals surface area contributed by atoms with E-state index in [0.717, 1.165) is 17.2 Å². The van der Waals surface area contributed by atoms with Crippen LogP contribution >= 0.6 is 11.3 Å². The van der Waals surface area contributed by atoms with Crippen LogP contribution in [-0.4, -0.2) is 14.2 Å². The van der Waals surface area contributed by atoms with Crippen molar-refractivity contribution in [3.05, 3.63) is 40.6 Å². The molecule has 0 bridgehead atoms. The summed E-state index contributed by atoms with van der Waals surface area (Å²) in [4.78, 5) is 1.30. The van der Waals surface area contributed by atoms with Crippen molar-refractivity contribution in [2.24, 2.45) is 0 Å². The first-order valence-electron chi connectivity index (χ1n) is 5.76. The molecule has 0 aliphatic carbocycles. The summed E-state index contributed by atoms with van der Waals surface area (Å²) in [5, 5.41) is 5.53. The van der Waals surface area contributed by atoms with Gasteiger partial charge in [0.1, 0.15) is 11.5 Å². The van der Waals surface area contributed by atoms with E-state index in [9.17, 15) is 0 Å². The molecule has 0 spiro atoms. The average molecular weight is 263 g/mol. The molecule has 1 aromatic heterocycles. The van der Waals surface area contributed by atoms with Gasteiger partial charge in [0.25, 0.3) is 0 Å². The Hall–Kier alpha value is -1.68. The summed E-state index contributed by atoms with van der Waals surface area (Å²) in [5.74, 6) is 1.57. The SMILES string of the molecule is COc1cc(NC(C)c2cccs2)cc(OC)c1. The molecule has 1 aromatic carbocycles. The van der Waals surface area contributed by atoms with Gasteiger partial charge < -0.3 is 14.8 Å². The smallest absolute Gasteiger partial charge is 0.124 e. The van der Waals surface area contributed by atoms with Crippen LogP contribution in [0.1, 0.15) is 17.8 Å². The van der Waals surface area contributed by atoms with E-state index in [1.54, 1.807) is 25.6 Å². The largest absolute Gasteiger partial charge is 0.497 e. The van der Waals surface area contributed by atoms with Crippen molar-refractivity contribution in [3.63, 3.8) is 0 Å².